The van der Waals surface area contributed by atoms with Gasteiger partial charge in [-0.15, -0.1) is 6.58 Å². The van der Waals surface area contributed by atoms with Crippen molar-refractivity contribution in [3.63, 3.8) is 0 Å². The van der Waals surface area contributed by atoms with Gasteiger partial charge in [-0.2, -0.15) is 4.31 Å². The summed E-state index contributed by atoms with van der Waals surface area (Å²) < 4.78 is 31.8. The molecule has 126 valence electrons. The molecular weight excluding hydrogens is 316 g/mol. The third-order valence-electron chi connectivity index (χ3n) is 3.59. The van der Waals surface area contributed by atoms with Gasteiger partial charge in [0.25, 0.3) is 5.91 Å². The summed E-state index contributed by atoms with van der Waals surface area (Å²) in [5.74, 6) is 0.200. The molecule has 0 atom stereocenters. The fourth-order valence-corrected chi connectivity index (χ4v) is 3.87. The van der Waals surface area contributed by atoms with E-state index in [2.05, 4.69) is 11.9 Å². The summed E-state index contributed by atoms with van der Waals surface area (Å²) in [5.41, 5.74) is 0. The van der Waals surface area contributed by atoms with E-state index in [0.717, 1.165) is 19.3 Å². The number of nitrogens with one attached hydrogen (secondary N) is 1. The molecule has 1 heterocycles. The molecule has 0 saturated carbocycles. The second-order valence-electron chi connectivity index (χ2n) is 5.32. The predicted octanol–water partition coefficient (Wildman–Crippen LogP) is 1.54. The quantitative estimate of drug-likeness (QED) is 0.765. The number of benzene rings is 1. The molecule has 0 unspecified atom stereocenters. The summed E-state index contributed by atoms with van der Waals surface area (Å²) in [4.78, 5) is 11.7. The lowest BCUT2D eigenvalue weighted by Gasteiger charge is -2.25. The minimum Gasteiger partial charge on any atom is -0.484 e. The van der Waals surface area contributed by atoms with E-state index in [1.54, 1.807) is 18.2 Å². The highest BCUT2D eigenvalue weighted by Crippen LogP contribution is 2.22. The summed E-state index contributed by atoms with van der Waals surface area (Å²) in [6, 6.07) is 6.16. The van der Waals surface area contributed by atoms with Crippen molar-refractivity contribution in [1.82, 2.24) is 9.62 Å². The summed E-state index contributed by atoms with van der Waals surface area (Å²) in [6.07, 6.45) is 4.46. The van der Waals surface area contributed by atoms with Gasteiger partial charge in [-0.1, -0.05) is 12.5 Å². The van der Waals surface area contributed by atoms with Crippen LogP contribution in [-0.4, -0.2) is 44.9 Å². The number of ether oxygens (including phenoxy) is 1. The van der Waals surface area contributed by atoms with E-state index in [0.29, 0.717) is 25.4 Å². The molecule has 1 aromatic rings. The van der Waals surface area contributed by atoms with Crippen LogP contribution in [0.5, 0.6) is 5.75 Å². The Balaban J connectivity index is 1.96. The number of carbonyl (C=O) groups excluding carboxylic acids is 1. The number of hydrogen-bond donors (Lipinski definition) is 1. The molecule has 1 N–H and O–H groups in total. The molecule has 1 amide bonds. The van der Waals surface area contributed by atoms with Crippen LogP contribution in [0.2, 0.25) is 0 Å². The van der Waals surface area contributed by atoms with Crippen LogP contribution in [0.15, 0.2) is 41.8 Å². The first kappa shape index (κ1) is 17.5. The molecule has 1 saturated heterocycles. The van der Waals surface area contributed by atoms with Crippen LogP contribution in [0.3, 0.4) is 0 Å². The van der Waals surface area contributed by atoms with Crippen LogP contribution >= 0.6 is 0 Å². The second kappa shape index (κ2) is 8.12. The van der Waals surface area contributed by atoms with Gasteiger partial charge < -0.3 is 10.1 Å². The molecule has 0 spiro atoms. The van der Waals surface area contributed by atoms with Gasteiger partial charge in [-0.3, -0.25) is 4.79 Å². The van der Waals surface area contributed by atoms with Gasteiger partial charge >= 0.3 is 0 Å². The van der Waals surface area contributed by atoms with E-state index in [1.807, 2.05) is 0 Å². The van der Waals surface area contributed by atoms with Gasteiger partial charge in [0.2, 0.25) is 10.0 Å². The number of rotatable bonds is 7. The third kappa shape index (κ3) is 4.80. The Morgan fingerprint density at radius 2 is 1.87 bits per heavy atom. The summed E-state index contributed by atoms with van der Waals surface area (Å²) in [7, 11) is -3.43. The van der Waals surface area contributed by atoms with Crippen LogP contribution < -0.4 is 10.1 Å². The summed E-state index contributed by atoms with van der Waals surface area (Å²) in [5, 5.41) is 2.60. The molecule has 0 bridgehead atoms. The van der Waals surface area contributed by atoms with Crippen molar-refractivity contribution in [2.24, 2.45) is 0 Å². The Labute approximate surface area is 137 Å². The molecule has 0 radical (unpaired) electrons. The standard InChI is InChI=1S/C16H22N2O4S/c1-2-10-17-16(19)13-22-14-6-8-15(9-7-14)23(20,21)18-11-4-3-5-12-18/h2,6-9H,1,3-5,10-13H2,(H,17,19). The van der Waals surface area contributed by atoms with Crippen LogP contribution in [0, 0.1) is 0 Å². The average Bonchev–Trinajstić information content (AvgIpc) is 2.59. The summed E-state index contributed by atoms with van der Waals surface area (Å²) in [6.45, 7) is 4.92. The average molecular weight is 338 g/mol. The zero-order valence-corrected chi connectivity index (χ0v) is 13.8. The Morgan fingerprint density at radius 3 is 2.48 bits per heavy atom. The zero-order chi connectivity index (χ0) is 16.7. The first-order chi connectivity index (χ1) is 11.0. The van der Waals surface area contributed by atoms with Crippen LogP contribution in [0.25, 0.3) is 0 Å². The number of sulfonamides is 1. The Bertz CT molecular complexity index is 635. The minimum absolute atomic E-state index is 0.119. The second-order valence-corrected chi connectivity index (χ2v) is 7.26. The molecule has 6 nitrogen and oxygen atoms in total. The smallest absolute Gasteiger partial charge is 0.258 e. The van der Waals surface area contributed by atoms with E-state index >= 15 is 0 Å². The molecule has 1 aromatic carbocycles. The SMILES string of the molecule is C=CCNC(=O)COc1ccc(S(=O)(=O)N2CCCCC2)cc1. The summed E-state index contributed by atoms with van der Waals surface area (Å²) >= 11 is 0. The molecule has 1 aliphatic rings. The fraction of sp³-hybridized carbons (Fsp3) is 0.438. The van der Waals surface area contributed by atoms with Gasteiger partial charge in [-0.05, 0) is 37.1 Å². The minimum atomic E-state index is -3.43. The van der Waals surface area contributed by atoms with Crippen molar-refractivity contribution in [3.05, 3.63) is 36.9 Å². The fourth-order valence-electron chi connectivity index (χ4n) is 2.35. The van der Waals surface area contributed by atoms with E-state index in [9.17, 15) is 13.2 Å². The first-order valence-corrected chi connectivity index (χ1v) is 9.08. The topological polar surface area (TPSA) is 75.7 Å². The maximum atomic E-state index is 12.5. The Kier molecular flexibility index (Phi) is 6.18. The molecule has 23 heavy (non-hydrogen) atoms. The van der Waals surface area contributed by atoms with Crippen molar-refractivity contribution >= 4 is 15.9 Å². The number of piperidine rings is 1. The third-order valence-corrected chi connectivity index (χ3v) is 5.50. The van der Waals surface area contributed by atoms with Gasteiger partial charge in [0, 0.05) is 19.6 Å². The van der Waals surface area contributed by atoms with Crippen molar-refractivity contribution in [2.45, 2.75) is 24.2 Å². The van der Waals surface area contributed by atoms with Gasteiger partial charge in [-0.25, -0.2) is 8.42 Å². The highest BCUT2D eigenvalue weighted by Gasteiger charge is 2.25. The maximum absolute atomic E-state index is 12.5. The lowest BCUT2D eigenvalue weighted by molar-refractivity contribution is -0.122. The monoisotopic (exact) mass is 338 g/mol. The number of carbonyl (C=O) groups is 1. The molecule has 2 rings (SSSR count). The van der Waals surface area contributed by atoms with Gasteiger partial charge in [0.1, 0.15) is 5.75 Å². The van der Waals surface area contributed by atoms with E-state index in [-0.39, 0.29) is 17.4 Å². The maximum Gasteiger partial charge on any atom is 0.258 e. The largest absolute Gasteiger partial charge is 0.484 e. The van der Waals surface area contributed by atoms with Gasteiger partial charge in [0.05, 0.1) is 4.90 Å². The molecule has 1 fully saturated rings. The van der Waals surface area contributed by atoms with Crippen molar-refractivity contribution in [1.29, 1.82) is 0 Å². The van der Waals surface area contributed by atoms with Gasteiger partial charge in [0.15, 0.2) is 6.61 Å². The molecule has 0 aliphatic carbocycles. The van der Waals surface area contributed by atoms with Crippen LogP contribution in [0.4, 0.5) is 0 Å². The van der Waals surface area contributed by atoms with Crippen LogP contribution in [0.1, 0.15) is 19.3 Å². The highest BCUT2D eigenvalue weighted by molar-refractivity contribution is 7.89. The van der Waals surface area contributed by atoms with E-state index < -0.39 is 10.0 Å². The molecule has 7 heteroatoms. The molecule has 1 aliphatic heterocycles. The normalized spacial score (nSPS) is 15.8. The lowest BCUT2D eigenvalue weighted by atomic mass is 10.2. The Morgan fingerprint density at radius 1 is 1.22 bits per heavy atom. The Hall–Kier alpha value is -1.86. The van der Waals surface area contributed by atoms with E-state index in [4.69, 9.17) is 4.74 Å². The number of nitrogens with zero attached hydrogens (tertiary/aromatic N) is 1. The number of amides is 1. The predicted molar refractivity (Wildman–Crippen MR) is 87.8 cm³/mol. The number of hydrogen-bond acceptors (Lipinski definition) is 4. The lowest BCUT2D eigenvalue weighted by Crippen LogP contribution is -2.35. The molecular formula is C16H22N2O4S. The highest BCUT2D eigenvalue weighted by atomic mass is 32.2. The van der Waals surface area contributed by atoms with Crippen molar-refractivity contribution in [3.8, 4) is 5.75 Å². The van der Waals surface area contributed by atoms with Crippen molar-refractivity contribution < 1.29 is 17.9 Å². The molecule has 0 aromatic heterocycles. The van der Waals surface area contributed by atoms with E-state index in [1.165, 1.54) is 16.4 Å². The first-order valence-electron chi connectivity index (χ1n) is 7.64. The van der Waals surface area contributed by atoms with Crippen molar-refractivity contribution in [2.75, 3.05) is 26.2 Å². The zero-order valence-electron chi connectivity index (χ0n) is 13.0. The van der Waals surface area contributed by atoms with Crippen LogP contribution in [-0.2, 0) is 14.8 Å².